The summed E-state index contributed by atoms with van der Waals surface area (Å²) in [6, 6.07) is 0. The van der Waals surface area contributed by atoms with Gasteiger partial charge in [0.25, 0.3) is 0 Å². The lowest BCUT2D eigenvalue weighted by atomic mass is 10.2. The highest BCUT2D eigenvalue weighted by atomic mass is 32.2. The summed E-state index contributed by atoms with van der Waals surface area (Å²) < 4.78 is 27.6. The monoisotopic (exact) mass is 315 g/mol. The van der Waals surface area contributed by atoms with Crippen molar-refractivity contribution in [1.82, 2.24) is 14.5 Å². The Morgan fingerprint density at radius 2 is 2.25 bits per heavy atom. The van der Waals surface area contributed by atoms with Crippen molar-refractivity contribution in [2.24, 2.45) is 0 Å². The molecule has 0 spiro atoms. The van der Waals surface area contributed by atoms with Crippen LogP contribution < -0.4 is 4.72 Å². The van der Waals surface area contributed by atoms with Crippen LogP contribution in [0.3, 0.4) is 0 Å². The van der Waals surface area contributed by atoms with Gasteiger partial charge in [0.15, 0.2) is 0 Å². The fourth-order valence-corrected chi connectivity index (χ4v) is 3.35. The third-order valence-corrected chi connectivity index (χ3v) is 4.90. The molecule has 2 aromatic heterocycles. The Kier molecular flexibility index (Phi) is 4.21. The maximum Gasteiger partial charge on any atom is 0.325 e. The Morgan fingerprint density at radius 3 is 2.85 bits per heavy atom. The molecule has 7 nitrogen and oxygen atoms in total. The SMILES string of the molecule is Cc1cscc1CNS(=O)(=O)c1cnn(CC(=O)O)c1. The summed E-state index contributed by atoms with van der Waals surface area (Å²) in [6.45, 7) is 1.73. The van der Waals surface area contributed by atoms with Gasteiger partial charge < -0.3 is 5.11 Å². The third-order valence-electron chi connectivity index (χ3n) is 2.63. The van der Waals surface area contributed by atoms with Crippen LogP contribution in [0.2, 0.25) is 0 Å². The van der Waals surface area contributed by atoms with Gasteiger partial charge in [0.2, 0.25) is 10.0 Å². The first kappa shape index (κ1) is 14.7. The second-order valence-corrected chi connectivity index (χ2v) is 6.68. The van der Waals surface area contributed by atoms with Crippen LogP contribution in [0.15, 0.2) is 28.0 Å². The molecule has 0 bridgehead atoms. The number of sulfonamides is 1. The standard InChI is InChI=1S/C11H13N3O4S2/c1-8-6-19-7-9(8)2-13-20(17,18)10-3-12-14(4-10)5-11(15)16/h3-4,6-7,13H,2,5H2,1H3,(H,15,16). The molecule has 0 fully saturated rings. The third kappa shape index (κ3) is 3.44. The first-order valence-corrected chi connectivity index (χ1v) is 8.06. The molecule has 0 radical (unpaired) electrons. The van der Waals surface area contributed by atoms with Gasteiger partial charge in [-0.05, 0) is 28.8 Å². The zero-order valence-corrected chi connectivity index (χ0v) is 12.2. The molecule has 0 unspecified atom stereocenters. The van der Waals surface area contributed by atoms with E-state index in [0.29, 0.717) is 0 Å². The molecule has 9 heteroatoms. The van der Waals surface area contributed by atoms with E-state index in [9.17, 15) is 13.2 Å². The number of nitrogens with zero attached hydrogens (tertiary/aromatic N) is 2. The van der Waals surface area contributed by atoms with E-state index in [1.807, 2.05) is 17.7 Å². The van der Waals surface area contributed by atoms with Crippen molar-refractivity contribution in [2.75, 3.05) is 0 Å². The topological polar surface area (TPSA) is 101 Å². The summed E-state index contributed by atoms with van der Waals surface area (Å²) in [6.07, 6.45) is 2.32. The number of aryl methyl sites for hydroxylation is 1. The number of carbonyl (C=O) groups is 1. The number of carboxylic acid groups (broad SMARTS) is 1. The Balaban J connectivity index is 2.08. The van der Waals surface area contributed by atoms with Gasteiger partial charge in [0.05, 0.1) is 6.20 Å². The van der Waals surface area contributed by atoms with E-state index >= 15 is 0 Å². The van der Waals surface area contributed by atoms with E-state index in [2.05, 4.69) is 9.82 Å². The van der Waals surface area contributed by atoms with Crippen molar-refractivity contribution in [1.29, 1.82) is 0 Å². The van der Waals surface area contributed by atoms with Crippen LogP contribution in [0.1, 0.15) is 11.1 Å². The molecule has 2 N–H and O–H groups in total. The zero-order chi connectivity index (χ0) is 14.8. The molecule has 0 saturated carbocycles. The maximum atomic E-state index is 12.0. The second-order valence-electron chi connectivity index (χ2n) is 4.17. The molecule has 108 valence electrons. The minimum Gasteiger partial charge on any atom is -0.480 e. The first-order chi connectivity index (χ1) is 9.38. The van der Waals surface area contributed by atoms with Crippen molar-refractivity contribution in [2.45, 2.75) is 24.9 Å². The average molecular weight is 315 g/mol. The van der Waals surface area contributed by atoms with Gasteiger partial charge in [-0.2, -0.15) is 16.4 Å². The average Bonchev–Trinajstić information content (AvgIpc) is 2.95. The highest BCUT2D eigenvalue weighted by Crippen LogP contribution is 2.14. The molecule has 0 aliphatic rings. The molecule has 2 aromatic rings. The second kappa shape index (κ2) is 5.73. The zero-order valence-electron chi connectivity index (χ0n) is 10.6. The highest BCUT2D eigenvalue weighted by Gasteiger charge is 2.17. The summed E-state index contributed by atoms with van der Waals surface area (Å²) in [5, 5.41) is 16.1. The van der Waals surface area contributed by atoms with Crippen molar-refractivity contribution >= 4 is 27.3 Å². The van der Waals surface area contributed by atoms with E-state index in [4.69, 9.17) is 5.11 Å². The van der Waals surface area contributed by atoms with Crippen molar-refractivity contribution in [3.63, 3.8) is 0 Å². The minimum atomic E-state index is -3.69. The van der Waals surface area contributed by atoms with E-state index in [1.54, 1.807) is 0 Å². The van der Waals surface area contributed by atoms with Gasteiger partial charge in [0, 0.05) is 12.7 Å². The Morgan fingerprint density at radius 1 is 1.50 bits per heavy atom. The van der Waals surface area contributed by atoms with Crippen LogP contribution >= 0.6 is 11.3 Å². The molecule has 0 aromatic carbocycles. The summed E-state index contributed by atoms with van der Waals surface area (Å²) in [5.41, 5.74) is 1.94. The Hall–Kier alpha value is -1.71. The molecule has 0 atom stereocenters. The number of hydrogen-bond acceptors (Lipinski definition) is 5. The number of carboxylic acids is 1. The quantitative estimate of drug-likeness (QED) is 0.821. The van der Waals surface area contributed by atoms with Crippen LogP contribution in [-0.2, 0) is 27.9 Å². The van der Waals surface area contributed by atoms with Gasteiger partial charge in [-0.1, -0.05) is 0 Å². The smallest absolute Gasteiger partial charge is 0.325 e. The number of aliphatic carboxylic acids is 1. The first-order valence-electron chi connectivity index (χ1n) is 5.64. The number of nitrogens with one attached hydrogen (secondary N) is 1. The fraction of sp³-hybridized carbons (Fsp3) is 0.273. The highest BCUT2D eigenvalue weighted by molar-refractivity contribution is 7.89. The predicted octanol–water partition coefficient (Wildman–Crippen LogP) is 0.816. The van der Waals surface area contributed by atoms with Gasteiger partial charge in [-0.25, -0.2) is 13.1 Å². The largest absolute Gasteiger partial charge is 0.480 e. The van der Waals surface area contributed by atoms with E-state index in [0.717, 1.165) is 22.0 Å². The Labute approximate surface area is 119 Å². The lowest BCUT2D eigenvalue weighted by molar-refractivity contribution is -0.137. The van der Waals surface area contributed by atoms with E-state index in [-0.39, 0.29) is 18.0 Å². The summed E-state index contributed by atoms with van der Waals surface area (Å²) >= 11 is 1.51. The van der Waals surface area contributed by atoms with Gasteiger partial charge in [-0.3, -0.25) is 9.48 Å². The molecule has 2 rings (SSSR count). The number of hydrogen-bond donors (Lipinski definition) is 2. The number of thiophene rings is 1. The lowest BCUT2D eigenvalue weighted by Crippen LogP contribution is -2.23. The maximum absolute atomic E-state index is 12.0. The molecule has 0 saturated heterocycles. The van der Waals surface area contributed by atoms with Crippen molar-refractivity contribution in [3.05, 3.63) is 34.3 Å². The molecular weight excluding hydrogens is 302 g/mol. The van der Waals surface area contributed by atoms with E-state index < -0.39 is 16.0 Å². The van der Waals surface area contributed by atoms with E-state index in [1.165, 1.54) is 17.5 Å². The molecular formula is C11H13N3O4S2. The molecule has 2 heterocycles. The van der Waals surface area contributed by atoms with Crippen LogP contribution in [0.25, 0.3) is 0 Å². The van der Waals surface area contributed by atoms with Gasteiger partial charge in [-0.15, -0.1) is 0 Å². The van der Waals surface area contributed by atoms with Crippen LogP contribution in [0.5, 0.6) is 0 Å². The molecule has 0 aliphatic heterocycles. The molecule has 0 aliphatic carbocycles. The van der Waals surface area contributed by atoms with Crippen LogP contribution in [-0.4, -0.2) is 29.3 Å². The minimum absolute atomic E-state index is 0.0494. The molecule has 0 amide bonds. The van der Waals surface area contributed by atoms with Gasteiger partial charge in [0.1, 0.15) is 11.4 Å². The van der Waals surface area contributed by atoms with Crippen LogP contribution in [0, 0.1) is 6.92 Å². The molecule has 20 heavy (non-hydrogen) atoms. The number of aromatic nitrogens is 2. The van der Waals surface area contributed by atoms with Crippen molar-refractivity contribution < 1.29 is 18.3 Å². The van der Waals surface area contributed by atoms with Gasteiger partial charge >= 0.3 is 5.97 Å². The predicted molar refractivity (Wildman–Crippen MR) is 72.9 cm³/mol. The lowest BCUT2D eigenvalue weighted by Gasteiger charge is -2.04. The Bertz CT molecular complexity index is 718. The summed E-state index contributed by atoms with van der Waals surface area (Å²) in [4.78, 5) is 10.5. The number of rotatable bonds is 6. The fourth-order valence-electron chi connectivity index (χ4n) is 1.53. The normalized spacial score (nSPS) is 11.7. The van der Waals surface area contributed by atoms with Crippen molar-refractivity contribution in [3.8, 4) is 0 Å². The summed E-state index contributed by atoms with van der Waals surface area (Å²) in [7, 11) is -3.69. The summed E-state index contributed by atoms with van der Waals surface area (Å²) in [5.74, 6) is -1.08. The van der Waals surface area contributed by atoms with Crippen LogP contribution in [0.4, 0.5) is 0 Å².